The highest BCUT2D eigenvalue weighted by molar-refractivity contribution is 5.25. The molecule has 18 heavy (non-hydrogen) atoms. The van der Waals surface area contributed by atoms with E-state index in [0.717, 1.165) is 19.0 Å². The maximum Gasteiger partial charge on any atom is 0.0635 e. The van der Waals surface area contributed by atoms with Crippen LogP contribution in [0.25, 0.3) is 0 Å². The zero-order valence-electron chi connectivity index (χ0n) is 11.0. The van der Waals surface area contributed by atoms with Gasteiger partial charge in [0.25, 0.3) is 0 Å². The van der Waals surface area contributed by atoms with Gasteiger partial charge in [0, 0.05) is 19.5 Å². The Labute approximate surface area is 110 Å². The minimum absolute atomic E-state index is 0.583. The fraction of sp³-hybridized carbons (Fsp3) is 0.562. The van der Waals surface area contributed by atoms with E-state index in [1.165, 1.54) is 43.2 Å². The summed E-state index contributed by atoms with van der Waals surface area (Å²) in [6, 6.07) is 11.2. The molecular formula is C16H22N2. The van der Waals surface area contributed by atoms with Gasteiger partial charge in [0.1, 0.15) is 0 Å². The number of nitrogens with zero attached hydrogens (tertiary/aromatic N) is 1. The smallest absolute Gasteiger partial charge is 0.0635 e. The third kappa shape index (κ3) is 3.85. The lowest BCUT2D eigenvalue weighted by Crippen LogP contribution is -2.14. The molecule has 0 aromatic heterocycles. The Balaban J connectivity index is 1.83. The number of nitrogens with one attached hydrogen (secondary N) is 1. The summed E-state index contributed by atoms with van der Waals surface area (Å²) in [5, 5.41) is 11.7. The van der Waals surface area contributed by atoms with Gasteiger partial charge in [0.15, 0.2) is 0 Å². The summed E-state index contributed by atoms with van der Waals surface area (Å²) < 4.78 is 0. The molecule has 1 aromatic rings. The van der Waals surface area contributed by atoms with Gasteiger partial charge in [-0.2, -0.15) is 5.26 Å². The standard InChI is InChI=1S/C16H22N2/c17-11-4-12-18-13-14-7-9-16(10-8-14)15-5-2-1-3-6-15/h7-10,15,18H,1-6,12-13H2. The van der Waals surface area contributed by atoms with Crippen molar-refractivity contribution in [3.8, 4) is 6.07 Å². The van der Waals surface area contributed by atoms with Crippen LogP contribution in [-0.4, -0.2) is 6.54 Å². The highest BCUT2D eigenvalue weighted by atomic mass is 14.8. The van der Waals surface area contributed by atoms with Crippen LogP contribution < -0.4 is 5.32 Å². The van der Waals surface area contributed by atoms with Gasteiger partial charge in [0.05, 0.1) is 6.07 Å². The molecule has 1 fully saturated rings. The third-order valence-electron chi connectivity index (χ3n) is 3.80. The SMILES string of the molecule is N#CCCNCc1ccc(C2CCCCC2)cc1. The van der Waals surface area contributed by atoms with E-state index in [-0.39, 0.29) is 0 Å². The first-order valence-electron chi connectivity index (χ1n) is 7.06. The topological polar surface area (TPSA) is 35.8 Å². The second-order valence-corrected chi connectivity index (χ2v) is 5.16. The van der Waals surface area contributed by atoms with Crippen molar-refractivity contribution in [2.24, 2.45) is 0 Å². The second kappa shape index (κ2) is 7.18. The summed E-state index contributed by atoms with van der Waals surface area (Å²) >= 11 is 0. The predicted octanol–water partition coefficient (Wildman–Crippen LogP) is 3.74. The lowest BCUT2D eigenvalue weighted by atomic mass is 9.84. The van der Waals surface area contributed by atoms with E-state index in [9.17, 15) is 0 Å². The molecule has 96 valence electrons. The van der Waals surface area contributed by atoms with Gasteiger partial charge >= 0.3 is 0 Å². The summed E-state index contributed by atoms with van der Waals surface area (Å²) in [6.07, 6.45) is 7.50. The van der Waals surface area contributed by atoms with Gasteiger partial charge in [-0.25, -0.2) is 0 Å². The second-order valence-electron chi connectivity index (χ2n) is 5.16. The molecular weight excluding hydrogens is 220 g/mol. The average molecular weight is 242 g/mol. The van der Waals surface area contributed by atoms with Crippen LogP contribution in [0.3, 0.4) is 0 Å². The molecule has 2 rings (SSSR count). The first kappa shape index (κ1) is 13.1. The molecule has 2 heteroatoms. The molecule has 0 aliphatic heterocycles. The monoisotopic (exact) mass is 242 g/mol. The summed E-state index contributed by atoms with van der Waals surface area (Å²) in [7, 11) is 0. The van der Waals surface area contributed by atoms with Crippen molar-refractivity contribution in [3.05, 3.63) is 35.4 Å². The van der Waals surface area contributed by atoms with Gasteiger partial charge in [0.2, 0.25) is 0 Å². The zero-order valence-corrected chi connectivity index (χ0v) is 11.0. The Hall–Kier alpha value is -1.33. The number of hydrogen-bond acceptors (Lipinski definition) is 2. The summed E-state index contributed by atoms with van der Waals surface area (Å²) in [6.45, 7) is 1.65. The van der Waals surface area contributed by atoms with Crippen molar-refractivity contribution in [2.75, 3.05) is 6.54 Å². The van der Waals surface area contributed by atoms with E-state index in [2.05, 4.69) is 35.7 Å². The fourth-order valence-electron chi connectivity index (χ4n) is 2.72. The van der Waals surface area contributed by atoms with Crippen molar-refractivity contribution < 1.29 is 0 Å². The molecule has 0 atom stereocenters. The molecule has 0 heterocycles. The van der Waals surface area contributed by atoms with Gasteiger partial charge in [-0.15, -0.1) is 0 Å². The first-order valence-corrected chi connectivity index (χ1v) is 7.06. The number of nitriles is 1. The van der Waals surface area contributed by atoms with Gasteiger partial charge in [-0.05, 0) is 29.9 Å². The molecule has 0 unspecified atom stereocenters. The van der Waals surface area contributed by atoms with E-state index in [0.29, 0.717) is 6.42 Å². The highest BCUT2D eigenvalue weighted by Crippen LogP contribution is 2.32. The number of rotatable bonds is 5. The normalized spacial score (nSPS) is 16.4. The molecule has 0 saturated heterocycles. The summed E-state index contributed by atoms with van der Waals surface area (Å²) in [5.41, 5.74) is 2.82. The van der Waals surface area contributed by atoms with Crippen molar-refractivity contribution in [1.29, 1.82) is 5.26 Å². The van der Waals surface area contributed by atoms with Crippen molar-refractivity contribution >= 4 is 0 Å². The largest absolute Gasteiger partial charge is 0.312 e. The Morgan fingerprint density at radius 3 is 2.50 bits per heavy atom. The van der Waals surface area contributed by atoms with Crippen molar-refractivity contribution in [2.45, 2.75) is 51.0 Å². The minimum atomic E-state index is 0.583. The lowest BCUT2D eigenvalue weighted by Gasteiger charge is -2.22. The number of hydrogen-bond donors (Lipinski definition) is 1. The minimum Gasteiger partial charge on any atom is -0.312 e. The van der Waals surface area contributed by atoms with Gasteiger partial charge in [-0.3, -0.25) is 0 Å². The Kier molecular flexibility index (Phi) is 5.23. The van der Waals surface area contributed by atoms with E-state index >= 15 is 0 Å². The van der Waals surface area contributed by atoms with Crippen LogP contribution in [0.4, 0.5) is 0 Å². The maximum atomic E-state index is 8.45. The van der Waals surface area contributed by atoms with Crippen molar-refractivity contribution in [1.82, 2.24) is 5.32 Å². The molecule has 0 spiro atoms. The highest BCUT2D eigenvalue weighted by Gasteiger charge is 2.14. The molecule has 2 nitrogen and oxygen atoms in total. The van der Waals surface area contributed by atoms with Crippen LogP contribution in [0.5, 0.6) is 0 Å². The quantitative estimate of drug-likeness (QED) is 0.798. The average Bonchev–Trinajstić information content (AvgIpc) is 2.45. The van der Waals surface area contributed by atoms with Crippen LogP contribution in [-0.2, 0) is 6.54 Å². The molecule has 1 aliphatic carbocycles. The van der Waals surface area contributed by atoms with E-state index in [1.807, 2.05) is 0 Å². The molecule has 0 radical (unpaired) electrons. The van der Waals surface area contributed by atoms with E-state index in [1.54, 1.807) is 0 Å². The number of benzene rings is 1. The van der Waals surface area contributed by atoms with Gasteiger partial charge in [-0.1, -0.05) is 43.5 Å². The van der Waals surface area contributed by atoms with Crippen LogP contribution in [0, 0.1) is 11.3 Å². The maximum absolute atomic E-state index is 8.45. The predicted molar refractivity (Wildman–Crippen MR) is 74.2 cm³/mol. The molecule has 1 N–H and O–H groups in total. The first-order chi connectivity index (χ1) is 8.90. The molecule has 1 aliphatic rings. The van der Waals surface area contributed by atoms with E-state index in [4.69, 9.17) is 5.26 Å². The van der Waals surface area contributed by atoms with Crippen LogP contribution in [0.1, 0.15) is 55.6 Å². The van der Waals surface area contributed by atoms with Crippen LogP contribution >= 0.6 is 0 Å². The summed E-state index contributed by atoms with van der Waals surface area (Å²) in [5.74, 6) is 0.791. The molecule has 1 aromatic carbocycles. The van der Waals surface area contributed by atoms with Crippen molar-refractivity contribution in [3.63, 3.8) is 0 Å². The molecule has 1 saturated carbocycles. The zero-order chi connectivity index (χ0) is 12.6. The summed E-state index contributed by atoms with van der Waals surface area (Å²) in [4.78, 5) is 0. The Morgan fingerprint density at radius 2 is 1.83 bits per heavy atom. The van der Waals surface area contributed by atoms with Crippen LogP contribution in [0.2, 0.25) is 0 Å². The van der Waals surface area contributed by atoms with Gasteiger partial charge < -0.3 is 5.32 Å². The molecule has 0 amide bonds. The van der Waals surface area contributed by atoms with Crippen LogP contribution in [0.15, 0.2) is 24.3 Å². The lowest BCUT2D eigenvalue weighted by molar-refractivity contribution is 0.443. The molecule has 0 bridgehead atoms. The Morgan fingerprint density at radius 1 is 1.11 bits per heavy atom. The fourth-order valence-corrected chi connectivity index (χ4v) is 2.72. The van der Waals surface area contributed by atoms with E-state index < -0.39 is 0 Å². The Bertz CT molecular complexity index is 383. The third-order valence-corrected chi connectivity index (χ3v) is 3.80.